The average molecular weight is 532 g/mol. The van der Waals surface area contributed by atoms with Gasteiger partial charge in [0.2, 0.25) is 21.8 Å². The summed E-state index contributed by atoms with van der Waals surface area (Å²) < 4.78 is 31.5. The van der Waals surface area contributed by atoms with Crippen molar-refractivity contribution in [1.29, 1.82) is 0 Å². The van der Waals surface area contributed by atoms with E-state index in [1.807, 2.05) is 37.3 Å². The molecule has 8 nitrogen and oxygen atoms in total. The Labute approximate surface area is 222 Å². The number of hydrogen-bond donors (Lipinski definition) is 1. The minimum atomic E-state index is -3.57. The molecule has 2 rings (SSSR count). The lowest BCUT2D eigenvalue weighted by Crippen LogP contribution is -2.50. The van der Waals surface area contributed by atoms with Crippen LogP contribution in [0.2, 0.25) is 0 Å². The molecular weight excluding hydrogens is 490 g/mol. The van der Waals surface area contributed by atoms with Crippen molar-refractivity contribution in [2.45, 2.75) is 58.4 Å². The molecule has 1 N–H and O–H groups in total. The maximum Gasteiger partial charge on any atom is 0.242 e. The quantitative estimate of drug-likeness (QED) is 0.330. The molecule has 204 valence electrons. The molecule has 37 heavy (non-hydrogen) atoms. The van der Waals surface area contributed by atoms with Crippen LogP contribution in [0.4, 0.5) is 5.69 Å². The standard InChI is InChI=1S/C28H41N3O5S/c1-5-7-19-29-28(33)26(6-2)30(21-18-23-13-9-8-10-14-23)27(32)17-12-20-31(37(4,34)35)24-15-11-16-25(22-24)36-3/h8-11,13-16,22,26H,5-7,12,17-21H2,1-4H3,(H,29,33). The molecular formula is C28H41N3O5S. The molecule has 0 spiro atoms. The van der Waals surface area contributed by atoms with E-state index in [1.165, 1.54) is 11.4 Å². The monoisotopic (exact) mass is 531 g/mol. The van der Waals surface area contributed by atoms with Crippen LogP contribution in [0, 0.1) is 0 Å². The molecule has 1 atom stereocenters. The van der Waals surface area contributed by atoms with Gasteiger partial charge in [-0.1, -0.05) is 56.7 Å². The SMILES string of the molecule is CCCCNC(=O)C(CC)N(CCc1ccccc1)C(=O)CCCN(c1cccc(OC)c1)S(C)(=O)=O. The van der Waals surface area contributed by atoms with Gasteiger partial charge in [0.25, 0.3) is 0 Å². The molecule has 0 aliphatic heterocycles. The maximum absolute atomic E-state index is 13.4. The van der Waals surface area contributed by atoms with Gasteiger partial charge < -0.3 is 15.0 Å². The van der Waals surface area contributed by atoms with E-state index in [2.05, 4.69) is 12.2 Å². The van der Waals surface area contributed by atoms with Gasteiger partial charge in [-0.15, -0.1) is 0 Å². The summed E-state index contributed by atoms with van der Waals surface area (Å²) in [7, 11) is -2.04. The summed E-state index contributed by atoms with van der Waals surface area (Å²) >= 11 is 0. The Morgan fingerprint density at radius 2 is 1.73 bits per heavy atom. The van der Waals surface area contributed by atoms with Crippen LogP contribution in [0.5, 0.6) is 5.75 Å². The first kappa shape index (κ1) is 30.2. The highest BCUT2D eigenvalue weighted by molar-refractivity contribution is 7.92. The van der Waals surface area contributed by atoms with Gasteiger partial charge in [0.1, 0.15) is 11.8 Å². The van der Waals surface area contributed by atoms with E-state index in [9.17, 15) is 18.0 Å². The lowest BCUT2D eigenvalue weighted by Gasteiger charge is -2.31. The molecule has 2 aromatic carbocycles. The van der Waals surface area contributed by atoms with Gasteiger partial charge >= 0.3 is 0 Å². The van der Waals surface area contributed by atoms with Crippen molar-refractivity contribution in [3.8, 4) is 5.75 Å². The van der Waals surface area contributed by atoms with E-state index in [1.54, 1.807) is 29.2 Å². The maximum atomic E-state index is 13.4. The van der Waals surface area contributed by atoms with Crippen LogP contribution < -0.4 is 14.4 Å². The molecule has 0 heterocycles. The minimum Gasteiger partial charge on any atom is -0.497 e. The Hall–Kier alpha value is -3.07. The normalized spacial score (nSPS) is 12.0. The molecule has 2 aromatic rings. The van der Waals surface area contributed by atoms with E-state index in [0.29, 0.717) is 43.8 Å². The molecule has 0 aromatic heterocycles. The Morgan fingerprint density at radius 1 is 1.00 bits per heavy atom. The summed E-state index contributed by atoms with van der Waals surface area (Å²) in [5.41, 5.74) is 1.57. The first-order valence-corrected chi connectivity index (χ1v) is 14.8. The average Bonchev–Trinajstić information content (AvgIpc) is 2.88. The number of amides is 2. The number of anilines is 1. The second-order valence-corrected chi connectivity index (χ2v) is 10.9. The van der Waals surface area contributed by atoms with Crippen LogP contribution in [0.3, 0.4) is 0 Å². The van der Waals surface area contributed by atoms with Crippen molar-refractivity contribution in [2.75, 3.05) is 37.3 Å². The molecule has 0 radical (unpaired) electrons. The van der Waals surface area contributed by atoms with E-state index in [4.69, 9.17) is 4.74 Å². The third-order valence-electron chi connectivity index (χ3n) is 6.19. The number of methoxy groups -OCH3 is 1. The predicted molar refractivity (Wildman–Crippen MR) is 148 cm³/mol. The van der Waals surface area contributed by atoms with Gasteiger partial charge in [-0.3, -0.25) is 13.9 Å². The lowest BCUT2D eigenvalue weighted by atomic mass is 10.1. The van der Waals surface area contributed by atoms with Crippen LogP contribution in [0.1, 0.15) is 51.5 Å². The van der Waals surface area contributed by atoms with Gasteiger partial charge in [0.05, 0.1) is 19.1 Å². The predicted octanol–water partition coefficient (Wildman–Crippen LogP) is 4.01. The van der Waals surface area contributed by atoms with Crippen LogP contribution in [-0.2, 0) is 26.0 Å². The summed E-state index contributed by atoms with van der Waals surface area (Å²) in [6.45, 7) is 5.10. The molecule has 9 heteroatoms. The fourth-order valence-corrected chi connectivity index (χ4v) is 5.13. The van der Waals surface area contributed by atoms with Crippen molar-refractivity contribution in [1.82, 2.24) is 10.2 Å². The first-order chi connectivity index (χ1) is 17.7. The third kappa shape index (κ3) is 9.72. The fourth-order valence-electron chi connectivity index (χ4n) is 4.17. The van der Waals surface area contributed by atoms with Crippen molar-refractivity contribution < 1.29 is 22.7 Å². The highest BCUT2D eigenvalue weighted by Crippen LogP contribution is 2.23. The number of carbonyl (C=O) groups is 2. The zero-order valence-corrected chi connectivity index (χ0v) is 23.3. The molecule has 0 saturated heterocycles. The second-order valence-electron chi connectivity index (χ2n) is 9.03. The summed E-state index contributed by atoms with van der Waals surface area (Å²) in [5, 5.41) is 2.96. The number of benzene rings is 2. The second kappa shape index (κ2) is 15.2. The number of carbonyl (C=O) groups excluding carboxylic acids is 2. The molecule has 0 aliphatic carbocycles. The lowest BCUT2D eigenvalue weighted by molar-refractivity contribution is -0.140. The number of hydrogen-bond acceptors (Lipinski definition) is 5. The first-order valence-electron chi connectivity index (χ1n) is 12.9. The van der Waals surface area contributed by atoms with Crippen molar-refractivity contribution in [2.24, 2.45) is 0 Å². The Balaban J connectivity index is 2.14. The highest BCUT2D eigenvalue weighted by Gasteiger charge is 2.28. The van der Waals surface area contributed by atoms with Crippen LogP contribution in [0.15, 0.2) is 54.6 Å². The van der Waals surface area contributed by atoms with Gasteiger partial charge in [0.15, 0.2) is 0 Å². The topological polar surface area (TPSA) is 96.0 Å². The third-order valence-corrected chi connectivity index (χ3v) is 7.39. The summed E-state index contributed by atoms with van der Waals surface area (Å²) in [4.78, 5) is 28.0. The van der Waals surface area contributed by atoms with Gasteiger partial charge in [-0.05, 0) is 43.4 Å². The highest BCUT2D eigenvalue weighted by atomic mass is 32.2. The zero-order valence-electron chi connectivity index (χ0n) is 22.5. The van der Waals surface area contributed by atoms with E-state index in [-0.39, 0.29) is 24.8 Å². The van der Waals surface area contributed by atoms with Crippen LogP contribution in [0.25, 0.3) is 0 Å². The fraction of sp³-hybridized carbons (Fsp3) is 0.500. The van der Waals surface area contributed by atoms with Gasteiger partial charge in [-0.2, -0.15) is 0 Å². The van der Waals surface area contributed by atoms with Gasteiger partial charge in [-0.25, -0.2) is 8.42 Å². The molecule has 1 unspecified atom stereocenters. The van der Waals surface area contributed by atoms with Gasteiger partial charge in [0, 0.05) is 32.1 Å². The number of nitrogens with zero attached hydrogens (tertiary/aromatic N) is 2. The van der Waals surface area contributed by atoms with Crippen LogP contribution >= 0.6 is 0 Å². The smallest absolute Gasteiger partial charge is 0.242 e. The molecule has 0 aliphatic rings. The molecule has 0 saturated carbocycles. The van der Waals surface area contributed by atoms with E-state index in [0.717, 1.165) is 24.7 Å². The van der Waals surface area contributed by atoms with E-state index >= 15 is 0 Å². The Morgan fingerprint density at radius 3 is 2.35 bits per heavy atom. The van der Waals surface area contributed by atoms with Crippen molar-refractivity contribution in [3.63, 3.8) is 0 Å². The summed E-state index contributed by atoms with van der Waals surface area (Å²) in [6.07, 6.45) is 4.57. The molecule has 2 amide bonds. The van der Waals surface area contributed by atoms with Crippen molar-refractivity contribution >= 4 is 27.5 Å². The number of rotatable bonds is 16. The van der Waals surface area contributed by atoms with Crippen molar-refractivity contribution in [3.05, 3.63) is 60.2 Å². The summed E-state index contributed by atoms with van der Waals surface area (Å²) in [6, 6.07) is 16.1. The van der Waals surface area contributed by atoms with E-state index < -0.39 is 16.1 Å². The summed E-state index contributed by atoms with van der Waals surface area (Å²) in [5.74, 6) is 0.244. The Kier molecular flexibility index (Phi) is 12.4. The Bertz CT molecular complexity index is 1090. The molecule has 0 fully saturated rings. The number of ether oxygens (including phenoxy) is 1. The number of nitrogens with one attached hydrogen (secondary N) is 1. The number of unbranched alkanes of at least 4 members (excludes halogenated alkanes) is 1. The largest absolute Gasteiger partial charge is 0.497 e. The number of sulfonamides is 1. The van der Waals surface area contributed by atoms with Crippen LogP contribution in [-0.4, -0.2) is 64.2 Å². The molecule has 0 bridgehead atoms. The minimum absolute atomic E-state index is 0.128. The zero-order chi connectivity index (χ0) is 27.3.